The fraction of sp³-hybridized carbons (Fsp3) is 0.211. The van der Waals surface area contributed by atoms with Crippen LogP contribution in [0.4, 0.5) is 0 Å². The normalized spacial score (nSPS) is 17.9. The standard InChI is InChI=1S/C38H37N3O/c42-33(27-40-24-22-39(23-25-40)26-29-12-4-1-5-13-29)28-41-37(32-17-8-3-9-18-32)36(31-15-6-2-7-16-31)35-21-20-30-14-10-11-19-34(30)38(35)41/h1-21,33,42H,22-28H2/p+2/t33-/m1/s1. The van der Waals surface area contributed by atoms with Crippen molar-refractivity contribution in [3.63, 3.8) is 0 Å². The number of quaternary nitrogens is 2. The molecule has 1 aliphatic rings. The van der Waals surface area contributed by atoms with Gasteiger partial charge >= 0.3 is 0 Å². The molecule has 1 aliphatic heterocycles. The van der Waals surface area contributed by atoms with Crippen LogP contribution in [0.1, 0.15) is 5.56 Å². The van der Waals surface area contributed by atoms with Gasteiger partial charge in [-0.3, -0.25) is 0 Å². The Morgan fingerprint density at radius 3 is 1.90 bits per heavy atom. The van der Waals surface area contributed by atoms with Crippen LogP contribution in [0.25, 0.3) is 44.1 Å². The molecular weight excluding hydrogens is 514 g/mol. The third-order valence-corrected chi connectivity index (χ3v) is 8.94. The molecule has 5 aromatic carbocycles. The minimum absolute atomic E-state index is 0.448. The second-order valence-corrected chi connectivity index (χ2v) is 11.8. The summed E-state index contributed by atoms with van der Waals surface area (Å²) in [7, 11) is 0. The summed E-state index contributed by atoms with van der Waals surface area (Å²) < 4.78 is 2.41. The monoisotopic (exact) mass is 553 g/mol. The zero-order valence-corrected chi connectivity index (χ0v) is 24.0. The van der Waals surface area contributed by atoms with Crippen LogP contribution in [0.15, 0.2) is 127 Å². The largest absolute Gasteiger partial charge is 0.385 e. The van der Waals surface area contributed by atoms with Crippen LogP contribution in [-0.2, 0) is 13.1 Å². The number of aliphatic hydroxyl groups is 1. The third kappa shape index (κ3) is 5.37. The van der Waals surface area contributed by atoms with E-state index in [1.54, 1.807) is 4.90 Å². The number of nitrogens with one attached hydrogen (secondary N) is 2. The Balaban J connectivity index is 1.23. The van der Waals surface area contributed by atoms with Crippen molar-refractivity contribution >= 4 is 21.7 Å². The molecule has 42 heavy (non-hydrogen) atoms. The van der Waals surface area contributed by atoms with Crippen molar-refractivity contribution in [3.05, 3.63) is 133 Å². The highest BCUT2D eigenvalue weighted by molar-refractivity contribution is 6.15. The van der Waals surface area contributed by atoms with Crippen molar-refractivity contribution in [1.29, 1.82) is 0 Å². The van der Waals surface area contributed by atoms with Crippen LogP contribution in [-0.4, -0.2) is 48.5 Å². The molecule has 2 heterocycles. The molecule has 1 fully saturated rings. The molecule has 1 aromatic heterocycles. The average molecular weight is 554 g/mol. The van der Waals surface area contributed by atoms with Gasteiger partial charge in [-0.15, -0.1) is 0 Å². The SMILES string of the molecule is O[C@@H](Cn1c(-c2ccccc2)c(-c2ccccc2)c2ccc3ccccc3c21)C[NH+]1CC[NH+](Cc2ccccc2)CC1. The molecule has 1 atom stereocenters. The lowest BCUT2D eigenvalue weighted by Gasteiger charge is -2.31. The molecule has 0 unspecified atom stereocenters. The third-order valence-electron chi connectivity index (χ3n) is 8.94. The van der Waals surface area contributed by atoms with E-state index in [9.17, 15) is 5.11 Å². The van der Waals surface area contributed by atoms with Gasteiger partial charge < -0.3 is 19.5 Å². The van der Waals surface area contributed by atoms with Gasteiger partial charge in [0.05, 0.1) is 17.8 Å². The molecule has 3 N–H and O–H groups in total. The molecular formula is C38H39N3O+2. The molecule has 4 nitrogen and oxygen atoms in total. The molecule has 7 rings (SSSR count). The minimum Gasteiger partial charge on any atom is -0.385 e. The summed E-state index contributed by atoms with van der Waals surface area (Å²) in [4.78, 5) is 3.14. The van der Waals surface area contributed by atoms with Gasteiger partial charge in [0.15, 0.2) is 0 Å². The van der Waals surface area contributed by atoms with E-state index >= 15 is 0 Å². The highest BCUT2D eigenvalue weighted by atomic mass is 16.3. The Morgan fingerprint density at radius 2 is 1.19 bits per heavy atom. The molecule has 0 bridgehead atoms. The molecule has 0 saturated carbocycles. The van der Waals surface area contributed by atoms with Gasteiger partial charge in [0.25, 0.3) is 0 Å². The van der Waals surface area contributed by atoms with E-state index in [-0.39, 0.29) is 0 Å². The van der Waals surface area contributed by atoms with E-state index < -0.39 is 6.10 Å². The number of aromatic nitrogens is 1. The van der Waals surface area contributed by atoms with E-state index in [0.29, 0.717) is 6.54 Å². The van der Waals surface area contributed by atoms with Crippen molar-refractivity contribution in [2.75, 3.05) is 32.7 Å². The van der Waals surface area contributed by atoms with Gasteiger partial charge in [0.1, 0.15) is 45.4 Å². The maximum atomic E-state index is 11.7. The lowest BCUT2D eigenvalue weighted by atomic mass is 9.97. The van der Waals surface area contributed by atoms with E-state index in [4.69, 9.17) is 0 Å². The number of rotatable bonds is 8. The Kier molecular flexibility index (Phi) is 7.58. The summed E-state index contributed by atoms with van der Waals surface area (Å²) in [6.45, 7) is 6.87. The first-order chi connectivity index (χ1) is 20.7. The minimum atomic E-state index is -0.448. The Labute approximate surface area is 248 Å². The molecule has 1 saturated heterocycles. The van der Waals surface area contributed by atoms with Crippen LogP contribution in [0, 0.1) is 0 Å². The molecule has 210 valence electrons. The fourth-order valence-electron chi connectivity index (χ4n) is 6.93. The van der Waals surface area contributed by atoms with E-state index in [2.05, 4.69) is 132 Å². The topological polar surface area (TPSA) is 34.0 Å². The summed E-state index contributed by atoms with van der Waals surface area (Å²) >= 11 is 0. The first-order valence-electron chi connectivity index (χ1n) is 15.3. The number of nitrogens with zero attached hydrogens (tertiary/aromatic N) is 1. The quantitative estimate of drug-likeness (QED) is 0.256. The number of hydrogen-bond acceptors (Lipinski definition) is 1. The highest BCUT2D eigenvalue weighted by Crippen LogP contribution is 2.43. The van der Waals surface area contributed by atoms with Gasteiger partial charge in [-0.25, -0.2) is 0 Å². The van der Waals surface area contributed by atoms with Crippen molar-refractivity contribution in [3.8, 4) is 22.4 Å². The Hall–Kier alpha value is -4.22. The molecule has 0 amide bonds. The average Bonchev–Trinajstić information content (AvgIpc) is 3.37. The van der Waals surface area contributed by atoms with E-state index in [1.165, 1.54) is 54.5 Å². The molecule has 0 radical (unpaired) electrons. The predicted molar refractivity (Wildman–Crippen MR) is 173 cm³/mol. The highest BCUT2D eigenvalue weighted by Gasteiger charge is 2.27. The molecule has 0 aliphatic carbocycles. The summed E-state index contributed by atoms with van der Waals surface area (Å²) in [5, 5.41) is 15.4. The number of hydrogen-bond donors (Lipinski definition) is 3. The Bertz CT molecular complexity index is 1770. The number of aliphatic hydroxyl groups excluding tert-OH is 1. The van der Waals surface area contributed by atoms with Crippen molar-refractivity contribution in [1.82, 2.24) is 4.57 Å². The van der Waals surface area contributed by atoms with Crippen molar-refractivity contribution < 1.29 is 14.9 Å². The van der Waals surface area contributed by atoms with E-state index in [1.807, 2.05) is 0 Å². The first kappa shape index (κ1) is 26.7. The smallest absolute Gasteiger partial charge is 0.127 e. The first-order valence-corrected chi connectivity index (χ1v) is 15.3. The summed E-state index contributed by atoms with van der Waals surface area (Å²) in [5.74, 6) is 0. The van der Waals surface area contributed by atoms with Gasteiger partial charge in [-0.2, -0.15) is 0 Å². The maximum absolute atomic E-state index is 11.7. The van der Waals surface area contributed by atoms with Crippen LogP contribution in [0.3, 0.4) is 0 Å². The van der Waals surface area contributed by atoms with Gasteiger partial charge in [-0.1, -0.05) is 127 Å². The fourth-order valence-corrected chi connectivity index (χ4v) is 6.93. The van der Waals surface area contributed by atoms with Crippen LogP contribution < -0.4 is 9.80 Å². The van der Waals surface area contributed by atoms with Gasteiger partial charge in [0, 0.05) is 21.9 Å². The van der Waals surface area contributed by atoms with Crippen LogP contribution >= 0.6 is 0 Å². The molecule has 6 aromatic rings. The lowest BCUT2D eigenvalue weighted by molar-refractivity contribution is -1.02. The second kappa shape index (κ2) is 11.9. The van der Waals surface area contributed by atoms with Crippen LogP contribution in [0.2, 0.25) is 0 Å². The van der Waals surface area contributed by atoms with Crippen molar-refractivity contribution in [2.45, 2.75) is 19.2 Å². The summed E-state index contributed by atoms with van der Waals surface area (Å²) in [5.41, 5.74) is 7.41. The number of fused-ring (bicyclic) bond motifs is 3. The van der Waals surface area contributed by atoms with E-state index in [0.717, 1.165) is 39.3 Å². The zero-order valence-electron chi connectivity index (χ0n) is 24.0. The van der Waals surface area contributed by atoms with Gasteiger partial charge in [-0.05, 0) is 16.5 Å². The molecule has 4 heteroatoms. The Morgan fingerprint density at radius 1 is 0.595 bits per heavy atom. The molecule has 0 spiro atoms. The van der Waals surface area contributed by atoms with Crippen molar-refractivity contribution in [2.24, 2.45) is 0 Å². The predicted octanol–water partition coefficient (Wildman–Crippen LogP) is 4.47. The van der Waals surface area contributed by atoms with Gasteiger partial charge in [0.2, 0.25) is 0 Å². The maximum Gasteiger partial charge on any atom is 0.127 e. The lowest BCUT2D eigenvalue weighted by Crippen LogP contribution is -3.28. The van der Waals surface area contributed by atoms with Crippen LogP contribution in [0.5, 0.6) is 0 Å². The second-order valence-electron chi connectivity index (χ2n) is 11.8. The summed E-state index contributed by atoms with van der Waals surface area (Å²) in [6, 6.07) is 45.4. The summed E-state index contributed by atoms with van der Waals surface area (Å²) in [6.07, 6.45) is -0.448. The number of piperazine rings is 1. The number of benzene rings is 5. The zero-order chi connectivity index (χ0) is 28.3.